The smallest absolute Gasteiger partial charge is 0.166 e. The van der Waals surface area contributed by atoms with Crippen molar-refractivity contribution < 1.29 is 9.13 Å². The minimum Gasteiger partial charge on any atom is -0.454 e. The molecule has 2 rings (SSSR count). The van der Waals surface area contributed by atoms with Crippen LogP contribution in [0.5, 0.6) is 11.5 Å². The molecule has 2 nitrogen and oxygen atoms in total. The first-order valence-electron chi connectivity index (χ1n) is 5.93. The number of ether oxygens (including phenoxy) is 1. The van der Waals surface area contributed by atoms with E-state index in [2.05, 4.69) is 0 Å². The number of hydrogen-bond acceptors (Lipinski definition) is 2. The molecule has 0 unspecified atom stereocenters. The number of para-hydroxylation sites is 2. The van der Waals surface area contributed by atoms with Crippen molar-refractivity contribution in [3.05, 3.63) is 59.4 Å². The van der Waals surface area contributed by atoms with Crippen molar-refractivity contribution in [1.82, 2.24) is 0 Å². The summed E-state index contributed by atoms with van der Waals surface area (Å²) >= 11 is 0. The first-order valence-corrected chi connectivity index (χ1v) is 5.93. The number of rotatable bonds is 4. The van der Waals surface area contributed by atoms with E-state index in [1.54, 1.807) is 6.07 Å². The van der Waals surface area contributed by atoms with Crippen molar-refractivity contribution in [1.29, 1.82) is 0 Å². The predicted octanol–water partition coefficient (Wildman–Crippen LogP) is 3.43. The molecular formula is C15H16FNO. The Labute approximate surface area is 106 Å². The first kappa shape index (κ1) is 12.6. The zero-order valence-electron chi connectivity index (χ0n) is 10.3. The molecule has 0 aromatic heterocycles. The Hall–Kier alpha value is -1.87. The van der Waals surface area contributed by atoms with Crippen LogP contribution in [0, 0.1) is 12.7 Å². The number of hydrogen-bond donors (Lipinski definition) is 1. The minimum atomic E-state index is -0.357. The molecule has 0 radical (unpaired) electrons. The fourth-order valence-electron chi connectivity index (χ4n) is 1.80. The second-order valence-corrected chi connectivity index (χ2v) is 4.13. The lowest BCUT2D eigenvalue weighted by Crippen LogP contribution is -2.05. The van der Waals surface area contributed by atoms with Crippen LogP contribution in [0.4, 0.5) is 4.39 Å². The standard InChI is InChI=1S/C15H16FNO/c1-11-5-2-3-8-14(11)18-15-12(9-10-17)6-4-7-13(15)16/h2-8H,9-10,17H2,1H3. The highest BCUT2D eigenvalue weighted by atomic mass is 19.1. The summed E-state index contributed by atoms with van der Waals surface area (Å²) in [5.74, 6) is 0.585. The first-order chi connectivity index (χ1) is 8.72. The maximum absolute atomic E-state index is 13.8. The maximum Gasteiger partial charge on any atom is 0.166 e. The molecule has 0 fully saturated rings. The van der Waals surface area contributed by atoms with Crippen LogP contribution in [0.3, 0.4) is 0 Å². The number of aryl methyl sites for hydroxylation is 1. The van der Waals surface area contributed by atoms with Crippen LogP contribution in [0.2, 0.25) is 0 Å². The van der Waals surface area contributed by atoms with E-state index in [1.165, 1.54) is 6.07 Å². The van der Waals surface area contributed by atoms with Gasteiger partial charge in [-0.25, -0.2) is 4.39 Å². The average molecular weight is 245 g/mol. The molecule has 0 saturated heterocycles. The van der Waals surface area contributed by atoms with Gasteiger partial charge in [0.25, 0.3) is 0 Å². The van der Waals surface area contributed by atoms with Gasteiger partial charge in [0.15, 0.2) is 11.6 Å². The van der Waals surface area contributed by atoms with Crippen molar-refractivity contribution in [2.75, 3.05) is 6.54 Å². The fourth-order valence-corrected chi connectivity index (χ4v) is 1.80. The van der Waals surface area contributed by atoms with Crippen molar-refractivity contribution in [2.24, 2.45) is 5.73 Å². The summed E-state index contributed by atoms with van der Waals surface area (Å²) in [6.45, 7) is 2.40. The van der Waals surface area contributed by atoms with Gasteiger partial charge < -0.3 is 10.5 Å². The Morgan fingerprint density at radius 1 is 1.11 bits per heavy atom. The van der Waals surface area contributed by atoms with Gasteiger partial charge in [-0.2, -0.15) is 0 Å². The predicted molar refractivity (Wildman–Crippen MR) is 70.4 cm³/mol. The molecule has 2 aromatic carbocycles. The van der Waals surface area contributed by atoms with Gasteiger partial charge >= 0.3 is 0 Å². The number of benzene rings is 2. The number of halogens is 1. The Morgan fingerprint density at radius 3 is 2.61 bits per heavy atom. The summed E-state index contributed by atoms with van der Waals surface area (Å²) in [6, 6.07) is 12.4. The molecule has 0 saturated carbocycles. The SMILES string of the molecule is Cc1ccccc1Oc1c(F)cccc1CCN. The Morgan fingerprint density at radius 2 is 1.89 bits per heavy atom. The lowest BCUT2D eigenvalue weighted by Gasteiger charge is -2.13. The molecular weight excluding hydrogens is 229 g/mol. The van der Waals surface area contributed by atoms with E-state index in [0.717, 1.165) is 11.1 Å². The molecule has 94 valence electrons. The summed E-state index contributed by atoms with van der Waals surface area (Å²) in [7, 11) is 0. The van der Waals surface area contributed by atoms with E-state index in [9.17, 15) is 4.39 Å². The fraction of sp³-hybridized carbons (Fsp3) is 0.200. The largest absolute Gasteiger partial charge is 0.454 e. The molecule has 18 heavy (non-hydrogen) atoms. The third-order valence-electron chi connectivity index (χ3n) is 2.77. The zero-order valence-corrected chi connectivity index (χ0v) is 10.3. The van der Waals surface area contributed by atoms with E-state index in [-0.39, 0.29) is 11.6 Å². The molecule has 2 aromatic rings. The second-order valence-electron chi connectivity index (χ2n) is 4.13. The van der Waals surface area contributed by atoms with Crippen molar-refractivity contribution in [2.45, 2.75) is 13.3 Å². The Kier molecular flexibility index (Phi) is 3.95. The molecule has 2 N–H and O–H groups in total. The van der Waals surface area contributed by atoms with Crippen LogP contribution in [-0.4, -0.2) is 6.54 Å². The number of nitrogens with two attached hydrogens (primary N) is 1. The molecule has 3 heteroatoms. The van der Waals surface area contributed by atoms with Crippen LogP contribution in [0.1, 0.15) is 11.1 Å². The summed E-state index contributed by atoms with van der Waals surface area (Å²) < 4.78 is 19.5. The molecule has 0 heterocycles. The molecule has 0 aliphatic heterocycles. The second kappa shape index (κ2) is 5.65. The van der Waals surface area contributed by atoms with E-state index in [1.807, 2.05) is 37.3 Å². The third-order valence-corrected chi connectivity index (χ3v) is 2.77. The van der Waals surface area contributed by atoms with Crippen LogP contribution < -0.4 is 10.5 Å². The van der Waals surface area contributed by atoms with Gasteiger partial charge in [0.2, 0.25) is 0 Å². The van der Waals surface area contributed by atoms with E-state index < -0.39 is 0 Å². The van der Waals surface area contributed by atoms with E-state index in [4.69, 9.17) is 10.5 Å². The van der Waals surface area contributed by atoms with Crippen LogP contribution >= 0.6 is 0 Å². The topological polar surface area (TPSA) is 35.2 Å². The van der Waals surface area contributed by atoms with Gasteiger partial charge in [-0.15, -0.1) is 0 Å². The van der Waals surface area contributed by atoms with Gasteiger partial charge in [-0.05, 0) is 43.1 Å². The Bertz CT molecular complexity index is 540. The van der Waals surface area contributed by atoms with Gasteiger partial charge in [0, 0.05) is 0 Å². The zero-order chi connectivity index (χ0) is 13.0. The van der Waals surface area contributed by atoms with Crippen LogP contribution in [-0.2, 0) is 6.42 Å². The van der Waals surface area contributed by atoms with Gasteiger partial charge in [0.05, 0.1) is 0 Å². The maximum atomic E-state index is 13.8. The monoisotopic (exact) mass is 245 g/mol. The van der Waals surface area contributed by atoms with Gasteiger partial charge in [-0.3, -0.25) is 0 Å². The quantitative estimate of drug-likeness (QED) is 0.895. The van der Waals surface area contributed by atoms with Gasteiger partial charge in [-0.1, -0.05) is 30.3 Å². The van der Waals surface area contributed by atoms with Crippen molar-refractivity contribution in [3.63, 3.8) is 0 Å². The summed E-state index contributed by atoms with van der Waals surface area (Å²) in [5.41, 5.74) is 7.29. The molecule has 0 spiro atoms. The highest BCUT2D eigenvalue weighted by Gasteiger charge is 2.11. The average Bonchev–Trinajstić information content (AvgIpc) is 2.36. The highest BCUT2D eigenvalue weighted by molar-refractivity contribution is 5.41. The molecule has 0 atom stereocenters. The molecule has 0 aliphatic carbocycles. The minimum absolute atomic E-state index is 0.275. The van der Waals surface area contributed by atoms with E-state index in [0.29, 0.717) is 18.7 Å². The summed E-state index contributed by atoms with van der Waals surface area (Å²) in [4.78, 5) is 0. The Balaban J connectivity index is 2.36. The summed E-state index contributed by atoms with van der Waals surface area (Å²) in [5, 5.41) is 0. The normalized spacial score (nSPS) is 10.4. The van der Waals surface area contributed by atoms with Crippen molar-refractivity contribution >= 4 is 0 Å². The summed E-state index contributed by atoms with van der Waals surface area (Å²) in [6.07, 6.45) is 0.596. The van der Waals surface area contributed by atoms with E-state index >= 15 is 0 Å². The van der Waals surface area contributed by atoms with Gasteiger partial charge in [0.1, 0.15) is 5.75 Å². The lowest BCUT2D eigenvalue weighted by molar-refractivity contribution is 0.433. The van der Waals surface area contributed by atoms with Crippen LogP contribution in [0.25, 0.3) is 0 Å². The molecule has 0 bridgehead atoms. The highest BCUT2D eigenvalue weighted by Crippen LogP contribution is 2.30. The third kappa shape index (κ3) is 2.68. The van der Waals surface area contributed by atoms with Crippen LogP contribution in [0.15, 0.2) is 42.5 Å². The lowest BCUT2D eigenvalue weighted by atomic mass is 10.1. The molecule has 0 aliphatic rings. The molecule has 0 amide bonds. The van der Waals surface area contributed by atoms with Crippen molar-refractivity contribution in [3.8, 4) is 11.5 Å².